The van der Waals surface area contributed by atoms with Crippen molar-refractivity contribution in [3.05, 3.63) is 23.8 Å². The summed E-state index contributed by atoms with van der Waals surface area (Å²) in [6.45, 7) is 3.58. The van der Waals surface area contributed by atoms with Gasteiger partial charge in [-0.3, -0.25) is 4.79 Å². The number of hydrogen-bond acceptors (Lipinski definition) is 4. The van der Waals surface area contributed by atoms with E-state index in [0.29, 0.717) is 12.2 Å². The van der Waals surface area contributed by atoms with Crippen molar-refractivity contribution in [2.24, 2.45) is 5.92 Å². The number of carboxylic acid groups (broad SMARTS) is 1. The van der Waals surface area contributed by atoms with Gasteiger partial charge in [-0.2, -0.15) is 0 Å². The van der Waals surface area contributed by atoms with Gasteiger partial charge in [0.25, 0.3) is 5.91 Å². The van der Waals surface area contributed by atoms with E-state index in [1.807, 2.05) is 6.92 Å². The molecule has 6 nitrogen and oxygen atoms in total. The molecule has 6 heteroatoms. The standard InChI is InChI=1S/C14H19NO5/c1-4-8(2)12(14(18)19)15-13(17)10-7-9(20-3)5-6-11(10)16/h5-8,12,16H,4H2,1-3H3,(H,15,17)(H,18,19)/t8-,12-/m0/s1. The van der Waals surface area contributed by atoms with Crippen molar-refractivity contribution in [1.82, 2.24) is 5.32 Å². The number of methoxy groups -OCH3 is 1. The van der Waals surface area contributed by atoms with Crippen LogP contribution in [0.3, 0.4) is 0 Å². The van der Waals surface area contributed by atoms with Crippen LogP contribution >= 0.6 is 0 Å². The first-order valence-corrected chi connectivity index (χ1v) is 6.31. The number of rotatable bonds is 6. The summed E-state index contributed by atoms with van der Waals surface area (Å²) in [5.74, 6) is -1.78. The average molecular weight is 281 g/mol. The number of aliphatic carboxylic acids is 1. The SMILES string of the molecule is CC[C@H](C)[C@H](NC(=O)c1cc(OC)ccc1O)C(=O)O. The highest BCUT2D eigenvalue weighted by Crippen LogP contribution is 2.23. The fraction of sp³-hybridized carbons (Fsp3) is 0.429. The number of phenols is 1. The highest BCUT2D eigenvalue weighted by molar-refractivity contribution is 5.99. The lowest BCUT2D eigenvalue weighted by Crippen LogP contribution is -2.45. The predicted octanol–water partition coefficient (Wildman–Crippen LogP) is 1.63. The Morgan fingerprint density at radius 1 is 1.40 bits per heavy atom. The van der Waals surface area contributed by atoms with E-state index in [2.05, 4.69) is 5.32 Å². The Morgan fingerprint density at radius 2 is 2.05 bits per heavy atom. The molecule has 0 fully saturated rings. The average Bonchev–Trinajstić information content (AvgIpc) is 2.43. The third-order valence-electron chi connectivity index (χ3n) is 3.21. The molecule has 2 atom stereocenters. The topological polar surface area (TPSA) is 95.9 Å². The number of carbonyl (C=O) groups excluding carboxylic acids is 1. The molecular formula is C14H19NO5. The molecule has 0 aliphatic heterocycles. The number of carbonyl (C=O) groups is 2. The quantitative estimate of drug-likeness (QED) is 0.736. The van der Waals surface area contributed by atoms with Crippen molar-refractivity contribution in [1.29, 1.82) is 0 Å². The minimum absolute atomic E-state index is 0.0149. The molecule has 1 amide bonds. The normalized spacial score (nSPS) is 13.3. The summed E-state index contributed by atoms with van der Waals surface area (Å²) in [7, 11) is 1.44. The Bertz CT molecular complexity index is 500. The molecule has 0 unspecified atom stereocenters. The fourth-order valence-corrected chi connectivity index (χ4v) is 1.73. The third-order valence-corrected chi connectivity index (χ3v) is 3.21. The number of benzene rings is 1. The van der Waals surface area contributed by atoms with Crippen molar-refractivity contribution < 1.29 is 24.5 Å². The number of amides is 1. The summed E-state index contributed by atoms with van der Waals surface area (Å²) in [4.78, 5) is 23.3. The smallest absolute Gasteiger partial charge is 0.326 e. The molecule has 0 bridgehead atoms. The molecule has 1 rings (SSSR count). The van der Waals surface area contributed by atoms with E-state index in [1.165, 1.54) is 25.3 Å². The summed E-state index contributed by atoms with van der Waals surface area (Å²) < 4.78 is 4.97. The first kappa shape index (κ1) is 15.8. The van der Waals surface area contributed by atoms with Gasteiger partial charge in [0.15, 0.2) is 0 Å². The van der Waals surface area contributed by atoms with E-state index in [4.69, 9.17) is 9.84 Å². The molecule has 0 aliphatic rings. The van der Waals surface area contributed by atoms with Gasteiger partial charge in [-0.25, -0.2) is 4.79 Å². The van der Waals surface area contributed by atoms with Crippen LogP contribution in [0.5, 0.6) is 11.5 Å². The maximum Gasteiger partial charge on any atom is 0.326 e. The van der Waals surface area contributed by atoms with Gasteiger partial charge in [0.05, 0.1) is 12.7 Å². The van der Waals surface area contributed by atoms with Crippen molar-refractivity contribution in [3.8, 4) is 11.5 Å². The van der Waals surface area contributed by atoms with Crippen LogP contribution in [0.15, 0.2) is 18.2 Å². The molecule has 0 spiro atoms. The lowest BCUT2D eigenvalue weighted by molar-refractivity contribution is -0.140. The highest BCUT2D eigenvalue weighted by Gasteiger charge is 2.26. The van der Waals surface area contributed by atoms with Crippen LogP contribution in [0.25, 0.3) is 0 Å². The summed E-state index contributed by atoms with van der Waals surface area (Å²) >= 11 is 0. The van der Waals surface area contributed by atoms with Crippen LogP contribution in [0.1, 0.15) is 30.6 Å². The lowest BCUT2D eigenvalue weighted by atomic mass is 9.99. The zero-order valence-electron chi connectivity index (χ0n) is 11.7. The van der Waals surface area contributed by atoms with E-state index in [9.17, 15) is 14.7 Å². The molecule has 0 aliphatic carbocycles. The summed E-state index contributed by atoms with van der Waals surface area (Å²) in [6, 6.07) is 3.20. The van der Waals surface area contributed by atoms with Gasteiger partial charge in [0.2, 0.25) is 0 Å². The van der Waals surface area contributed by atoms with Crippen molar-refractivity contribution in [2.45, 2.75) is 26.3 Å². The maximum absolute atomic E-state index is 12.1. The molecule has 110 valence electrons. The predicted molar refractivity (Wildman–Crippen MR) is 73.0 cm³/mol. The van der Waals surface area contributed by atoms with Gasteiger partial charge in [0, 0.05) is 0 Å². The van der Waals surface area contributed by atoms with Crippen LogP contribution in [-0.2, 0) is 4.79 Å². The van der Waals surface area contributed by atoms with Crippen LogP contribution < -0.4 is 10.1 Å². The number of aromatic hydroxyl groups is 1. The van der Waals surface area contributed by atoms with Gasteiger partial charge >= 0.3 is 5.97 Å². The van der Waals surface area contributed by atoms with Crippen molar-refractivity contribution in [2.75, 3.05) is 7.11 Å². The summed E-state index contributed by atoms with van der Waals surface area (Å²) in [6.07, 6.45) is 0.612. The monoisotopic (exact) mass is 281 g/mol. The Morgan fingerprint density at radius 3 is 2.55 bits per heavy atom. The first-order valence-electron chi connectivity index (χ1n) is 6.31. The van der Waals surface area contributed by atoms with Crippen LogP contribution in [0, 0.1) is 5.92 Å². The Labute approximate surface area is 117 Å². The molecule has 20 heavy (non-hydrogen) atoms. The minimum Gasteiger partial charge on any atom is -0.507 e. The Hall–Kier alpha value is -2.24. The molecule has 1 aromatic rings. The number of phenolic OH excluding ortho intramolecular Hbond substituents is 1. The summed E-state index contributed by atoms with van der Waals surface area (Å²) in [5.41, 5.74) is -0.0149. The third kappa shape index (κ3) is 3.63. The van der Waals surface area contributed by atoms with Gasteiger partial charge in [-0.15, -0.1) is 0 Å². The zero-order valence-corrected chi connectivity index (χ0v) is 11.7. The number of hydrogen-bond donors (Lipinski definition) is 3. The zero-order chi connectivity index (χ0) is 15.3. The van der Waals surface area contributed by atoms with Gasteiger partial charge in [0.1, 0.15) is 17.5 Å². The second-order valence-electron chi connectivity index (χ2n) is 4.56. The largest absolute Gasteiger partial charge is 0.507 e. The molecular weight excluding hydrogens is 262 g/mol. The first-order chi connectivity index (χ1) is 9.40. The second-order valence-corrected chi connectivity index (χ2v) is 4.56. The van der Waals surface area contributed by atoms with Crippen LogP contribution in [-0.4, -0.2) is 35.2 Å². The molecule has 0 saturated heterocycles. The van der Waals surface area contributed by atoms with E-state index < -0.39 is 17.9 Å². The fourth-order valence-electron chi connectivity index (χ4n) is 1.73. The van der Waals surface area contributed by atoms with Crippen molar-refractivity contribution >= 4 is 11.9 Å². The molecule has 0 heterocycles. The second kappa shape index (κ2) is 6.79. The number of ether oxygens (including phenoxy) is 1. The summed E-state index contributed by atoms with van der Waals surface area (Å²) in [5, 5.41) is 21.2. The lowest BCUT2D eigenvalue weighted by Gasteiger charge is -2.20. The number of nitrogens with one attached hydrogen (secondary N) is 1. The van der Waals surface area contributed by atoms with Crippen molar-refractivity contribution in [3.63, 3.8) is 0 Å². The molecule has 0 radical (unpaired) electrons. The maximum atomic E-state index is 12.1. The van der Waals surface area contributed by atoms with Gasteiger partial charge in [-0.1, -0.05) is 20.3 Å². The van der Waals surface area contributed by atoms with Crippen LogP contribution in [0.4, 0.5) is 0 Å². The Kier molecular flexibility index (Phi) is 5.37. The molecule has 0 saturated carbocycles. The number of carboxylic acids is 1. The van der Waals surface area contributed by atoms with E-state index in [1.54, 1.807) is 6.92 Å². The minimum atomic E-state index is -1.10. The Balaban J connectivity index is 2.97. The molecule has 0 aromatic heterocycles. The van der Waals surface area contributed by atoms with E-state index in [0.717, 1.165) is 0 Å². The van der Waals surface area contributed by atoms with E-state index in [-0.39, 0.29) is 17.2 Å². The molecule has 1 aromatic carbocycles. The molecule has 3 N–H and O–H groups in total. The van der Waals surface area contributed by atoms with Crippen LogP contribution in [0.2, 0.25) is 0 Å². The van der Waals surface area contributed by atoms with Gasteiger partial charge < -0.3 is 20.3 Å². The van der Waals surface area contributed by atoms with Gasteiger partial charge in [-0.05, 0) is 24.1 Å². The highest BCUT2D eigenvalue weighted by atomic mass is 16.5. The van der Waals surface area contributed by atoms with E-state index >= 15 is 0 Å².